The largest absolute Gasteiger partial charge is 0.448 e. The molecule has 0 aliphatic rings. The van der Waals surface area contributed by atoms with Gasteiger partial charge in [-0.25, -0.2) is 14.8 Å². The topological polar surface area (TPSA) is 90.1 Å². The van der Waals surface area contributed by atoms with Gasteiger partial charge in [0.15, 0.2) is 0 Å². The van der Waals surface area contributed by atoms with E-state index in [4.69, 9.17) is 5.73 Å². The minimum Gasteiger partial charge on any atom is -0.448 e. The number of anilines is 1. The molecule has 1 aromatic heterocycles. The summed E-state index contributed by atoms with van der Waals surface area (Å²) in [6.45, 7) is 6.75. The van der Waals surface area contributed by atoms with Crippen molar-refractivity contribution in [3.8, 4) is 0 Å². The van der Waals surface area contributed by atoms with E-state index < -0.39 is 6.09 Å². The Hall–Kier alpha value is -1.37. The highest BCUT2D eigenvalue weighted by atomic mass is 79.9. The van der Waals surface area contributed by atoms with Crippen molar-refractivity contribution >= 4 is 27.8 Å². The van der Waals surface area contributed by atoms with Crippen LogP contribution < -0.4 is 11.1 Å². The van der Waals surface area contributed by atoms with Crippen molar-refractivity contribution in [2.45, 2.75) is 26.2 Å². The highest BCUT2D eigenvalue weighted by Crippen LogP contribution is 2.22. The fourth-order valence-electron chi connectivity index (χ4n) is 1.17. The minimum absolute atomic E-state index is 0.135. The number of carbonyl (C=O) groups is 1. The van der Waals surface area contributed by atoms with Crippen LogP contribution in [0.3, 0.4) is 0 Å². The number of hydrogen-bond acceptors (Lipinski definition) is 5. The van der Waals surface area contributed by atoms with Crippen LogP contribution in [0.15, 0.2) is 10.7 Å². The van der Waals surface area contributed by atoms with Gasteiger partial charge < -0.3 is 15.8 Å². The van der Waals surface area contributed by atoms with Gasteiger partial charge in [-0.2, -0.15) is 0 Å². The van der Waals surface area contributed by atoms with Gasteiger partial charge in [0.05, 0.1) is 6.54 Å². The molecule has 1 amide bonds. The molecule has 3 N–H and O–H groups in total. The number of aromatic nitrogens is 2. The zero-order chi connectivity index (χ0) is 13.8. The average Bonchev–Trinajstić information content (AvgIpc) is 2.22. The van der Waals surface area contributed by atoms with E-state index in [-0.39, 0.29) is 12.0 Å². The van der Waals surface area contributed by atoms with Crippen molar-refractivity contribution in [1.82, 2.24) is 9.97 Å². The number of nitrogens with zero attached hydrogens (tertiary/aromatic N) is 2. The lowest BCUT2D eigenvalue weighted by Crippen LogP contribution is -2.20. The quantitative estimate of drug-likeness (QED) is 0.655. The number of amides is 1. The third-order valence-electron chi connectivity index (χ3n) is 2.02. The van der Waals surface area contributed by atoms with Crippen LogP contribution in [0.25, 0.3) is 0 Å². The molecule has 1 rings (SSSR count). The number of halogens is 1. The molecule has 0 saturated heterocycles. The summed E-state index contributed by atoms with van der Waals surface area (Å²) in [4.78, 5) is 19.1. The lowest BCUT2D eigenvalue weighted by Gasteiger charge is -2.17. The Morgan fingerprint density at radius 1 is 1.50 bits per heavy atom. The third-order valence-corrected chi connectivity index (χ3v) is 2.42. The monoisotopic (exact) mass is 316 g/mol. The molecule has 0 fully saturated rings. The number of nitrogens with one attached hydrogen (secondary N) is 1. The zero-order valence-electron chi connectivity index (χ0n) is 10.7. The lowest BCUT2D eigenvalue weighted by molar-refractivity contribution is 0.161. The Kier molecular flexibility index (Phi) is 4.89. The zero-order valence-corrected chi connectivity index (χ0v) is 12.2. The molecule has 0 atom stereocenters. The van der Waals surface area contributed by atoms with Crippen LogP contribution >= 0.6 is 15.9 Å². The maximum absolute atomic E-state index is 10.4. The molecule has 0 aliphatic carbocycles. The SMILES string of the molecule is CC(C)(C)c1nc(Br)cc(NCCOC(N)=O)n1. The van der Waals surface area contributed by atoms with Crippen LogP contribution in [-0.2, 0) is 10.2 Å². The summed E-state index contributed by atoms with van der Waals surface area (Å²) in [5.74, 6) is 1.41. The van der Waals surface area contributed by atoms with Gasteiger partial charge in [0.2, 0.25) is 0 Å². The molecule has 0 radical (unpaired) electrons. The third kappa shape index (κ3) is 4.87. The van der Waals surface area contributed by atoms with Crippen LogP contribution in [0, 0.1) is 0 Å². The van der Waals surface area contributed by atoms with Crippen molar-refractivity contribution in [3.63, 3.8) is 0 Å². The number of carbonyl (C=O) groups excluding carboxylic acids is 1. The van der Waals surface area contributed by atoms with Gasteiger partial charge in [-0.15, -0.1) is 0 Å². The second-order valence-corrected chi connectivity index (χ2v) is 5.56. The molecule has 18 heavy (non-hydrogen) atoms. The number of hydrogen-bond donors (Lipinski definition) is 2. The molecule has 1 heterocycles. The van der Waals surface area contributed by atoms with E-state index in [2.05, 4.69) is 36.0 Å². The van der Waals surface area contributed by atoms with Crippen LogP contribution in [0.5, 0.6) is 0 Å². The second kappa shape index (κ2) is 5.99. The first kappa shape index (κ1) is 14.7. The summed E-state index contributed by atoms with van der Waals surface area (Å²) >= 11 is 3.34. The van der Waals surface area contributed by atoms with Crippen LogP contribution in [0.2, 0.25) is 0 Å². The molecule has 1 aromatic rings. The molecule has 0 aromatic carbocycles. The highest BCUT2D eigenvalue weighted by Gasteiger charge is 2.18. The molecular weight excluding hydrogens is 300 g/mol. The Balaban J connectivity index is 2.66. The van der Waals surface area contributed by atoms with Crippen LogP contribution in [0.1, 0.15) is 26.6 Å². The summed E-state index contributed by atoms with van der Waals surface area (Å²) in [5, 5.41) is 3.04. The van der Waals surface area contributed by atoms with Crippen LogP contribution in [-0.4, -0.2) is 29.2 Å². The summed E-state index contributed by atoms with van der Waals surface area (Å²) in [6.07, 6.45) is -0.781. The smallest absolute Gasteiger partial charge is 0.404 e. The normalized spacial score (nSPS) is 11.1. The van der Waals surface area contributed by atoms with Crippen molar-refractivity contribution in [2.24, 2.45) is 5.73 Å². The predicted molar refractivity (Wildman–Crippen MR) is 72.5 cm³/mol. The predicted octanol–water partition coefficient (Wildman–Crippen LogP) is 2.04. The van der Waals surface area contributed by atoms with Crippen LogP contribution in [0.4, 0.5) is 10.6 Å². The summed E-state index contributed by atoms with van der Waals surface area (Å²) in [5.41, 5.74) is 4.72. The molecule has 0 saturated carbocycles. The van der Waals surface area contributed by atoms with Crippen molar-refractivity contribution < 1.29 is 9.53 Å². The first-order valence-electron chi connectivity index (χ1n) is 5.50. The molecule has 6 nitrogen and oxygen atoms in total. The van der Waals surface area contributed by atoms with Gasteiger partial charge in [0.1, 0.15) is 22.9 Å². The summed E-state index contributed by atoms with van der Waals surface area (Å²) < 4.78 is 5.32. The highest BCUT2D eigenvalue weighted by molar-refractivity contribution is 9.10. The average molecular weight is 317 g/mol. The summed E-state index contributed by atoms with van der Waals surface area (Å²) in [7, 11) is 0. The number of rotatable bonds is 4. The minimum atomic E-state index is -0.781. The van der Waals surface area contributed by atoms with Crippen molar-refractivity contribution in [1.29, 1.82) is 0 Å². The molecule has 0 bridgehead atoms. The van der Waals surface area contributed by atoms with Crippen molar-refractivity contribution in [2.75, 3.05) is 18.5 Å². The Morgan fingerprint density at radius 2 is 2.17 bits per heavy atom. The van der Waals surface area contributed by atoms with Gasteiger partial charge >= 0.3 is 6.09 Å². The van der Waals surface area contributed by atoms with E-state index >= 15 is 0 Å². The molecule has 0 unspecified atom stereocenters. The number of ether oxygens (including phenoxy) is 1. The van der Waals surface area contributed by atoms with E-state index in [1.807, 2.05) is 20.8 Å². The van der Waals surface area contributed by atoms with Gasteiger partial charge in [-0.3, -0.25) is 0 Å². The lowest BCUT2D eigenvalue weighted by atomic mass is 9.96. The standard InChI is InChI=1S/C11H17BrN4O2/c1-11(2,3)9-15-7(12)6-8(16-9)14-4-5-18-10(13)17/h6H,4-5H2,1-3H3,(H2,13,17)(H,14,15,16). The molecule has 0 spiro atoms. The van der Waals surface area contributed by atoms with E-state index in [1.165, 1.54) is 0 Å². The number of nitrogens with two attached hydrogens (primary N) is 1. The molecule has 7 heteroatoms. The van der Waals surface area contributed by atoms with Gasteiger partial charge in [-0.05, 0) is 15.9 Å². The second-order valence-electron chi connectivity index (χ2n) is 4.74. The van der Waals surface area contributed by atoms with Gasteiger partial charge in [0.25, 0.3) is 0 Å². The van der Waals surface area contributed by atoms with E-state index in [1.54, 1.807) is 6.07 Å². The Bertz CT molecular complexity index is 432. The first-order chi connectivity index (χ1) is 8.29. The number of primary amides is 1. The first-order valence-corrected chi connectivity index (χ1v) is 6.29. The van der Waals surface area contributed by atoms with E-state index in [0.29, 0.717) is 17.0 Å². The fourth-order valence-corrected chi connectivity index (χ4v) is 1.56. The maximum Gasteiger partial charge on any atom is 0.404 e. The molecule has 100 valence electrons. The maximum atomic E-state index is 10.4. The molecular formula is C11H17BrN4O2. The molecule has 0 aliphatic heterocycles. The summed E-state index contributed by atoms with van der Waals surface area (Å²) in [6, 6.07) is 1.76. The Labute approximate surface area is 114 Å². The van der Waals surface area contributed by atoms with E-state index in [0.717, 1.165) is 5.82 Å². The van der Waals surface area contributed by atoms with Gasteiger partial charge in [-0.1, -0.05) is 20.8 Å². The van der Waals surface area contributed by atoms with Gasteiger partial charge in [0, 0.05) is 11.5 Å². The fraction of sp³-hybridized carbons (Fsp3) is 0.545. The van der Waals surface area contributed by atoms with Crippen molar-refractivity contribution in [3.05, 3.63) is 16.5 Å². The Morgan fingerprint density at radius 3 is 2.72 bits per heavy atom. The van der Waals surface area contributed by atoms with E-state index in [9.17, 15) is 4.79 Å².